The minimum Gasteiger partial charge on any atom is -0.465 e. The molecule has 1 heterocycles. The third-order valence-corrected chi connectivity index (χ3v) is 3.11. The van der Waals surface area contributed by atoms with Crippen molar-refractivity contribution in [1.29, 1.82) is 0 Å². The van der Waals surface area contributed by atoms with Gasteiger partial charge < -0.3 is 14.0 Å². The third-order valence-electron chi connectivity index (χ3n) is 2.43. The van der Waals surface area contributed by atoms with E-state index in [1.54, 1.807) is 24.3 Å². The highest BCUT2D eigenvalue weighted by Crippen LogP contribution is 2.20. The molecule has 0 saturated carbocycles. The molecule has 1 saturated heterocycles. The van der Waals surface area contributed by atoms with Crippen LogP contribution in [0.1, 0.15) is 19.3 Å². The first kappa shape index (κ1) is 11.6. The molecule has 0 aromatic heterocycles. The molecule has 2 atom stereocenters. The monoisotopic (exact) mass is 242 g/mol. The average Bonchev–Trinajstić information content (AvgIpc) is 2.31. The van der Waals surface area contributed by atoms with Crippen molar-refractivity contribution in [3.63, 3.8) is 0 Å². The number of rotatable bonds is 3. The first-order valence-corrected chi connectivity index (χ1v) is 6.35. The summed E-state index contributed by atoms with van der Waals surface area (Å²) in [5.41, 5.74) is 0. The molecule has 4 nitrogen and oxygen atoms in total. The summed E-state index contributed by atoms with van der Waals surface area (Å²) in [6, 6.07) is 6.52. The molecular formula is C11H14O4S. The Bertz CT molecular complexity index is 357. The number of ether oxygens (including phenoxy) is 2. The number of hydrogen-bond donors (Lipinski definition) is 1. The fraction of sp³-hybridized carbons (Fsp3) is 0.455. The van der Waals surface area contributed by atoms with Gasteiger partial charge in [-0.05, 0) is 37.1 Å². The molecule has 2 unspecified atom stereocenters. The van der Waals surface area contributed by atoms with Gasteiger partial charge in [0.2, 0.25) is 0 Å². The Balaban J connectivity index is 1.96. The minimum atomic E-state index is -1.93. The van der Waals surface area contributed by atoms with Crippen LogP contribution in [0.25, 0.3) is 0 Å². The van der Waals surface area contributed by atoms with Gasteiger partial charge in [-0.3, -0.25) is 0 Å². The van der Waals surface area contributed by atoms with E-state index in [0.29, 0.717) is 10.6 Å². The summed E-state index contributed by atoms with van der Waals surface area (Å²) in [4.78, 5) is 0.372. The SMILES string of the molecule is O=S(O)c1ccc(OC2CCCCO2)cc1. The molecule has 1 aliphatic rings. The van der Waals surface area contributed by atoms with Gasteiger partial charge in [0.25, 0.3) is 0 Å². The zero-order valence-electron chi connectivity index (χ0n) is 8.80. The first-order chi connectivity index (χ1) is 7.75. The van der Waals surface area contributed by atoms with E-state index in [4.69, 9.17) is 14.0 Å². The second-order valence-corrected chi connectivity index (χ2v) is 4.60. The topological polar surface area (TPSA) is 55.8 Å². The van der Waals surface area contributed by atoms with Gasteiger partial charge in [0.15, 0.2) is 17.4 Å². The zero-order valence-corrected chi connectivity index (χ0v) is 9.61. The van der Waals surface area contributed by atoms with Crippen LogP contribution in [0.3, 0.4) is 0 Å². The van der Waals surface area contributed by atoms with E-state index in [-0.39, 0.29) is 6.29 Å². The van der Waals surface area contributed by atoms with E-state index in [9.17, 15) is 4.21 Å². The van der Waals surface area contributed by atoms with E-state index < -0.39 is 11.1 Å². The molecule has 1 N–H and O–H groups in total. The highest BCUT2D eigenvalue weighted by atomic mass is 32.2. The summed E-state index contributed by atoms with van der Waals surface area (Å²) in [5.74, 6) is 0.668. The predicted octanol–water partition coefficient (Wildman–Crippen LogP) is 2.17. The first-order valence-electron chi connectivity index (χ1n) is 5.25. The van der Waals surface area contributed by atoms with Gasteiger partial charge in [0.05, 0.1) is 11.5 Å². The van der Waals surface area contributed by atoms with E-state index >= 15 is 0 Å². The Morgan fingerprint density at radius 3 is 2.62 bits per heavy atom. The van der Waals surface area contributed by atoms with Crippen LogP contribution in [0.4, 0.5) is 0 Å². The van der Waals surface area contributed by atoms with Crippen molar-refractivity contribution < 1.29 is 18.2 Å². The van der Waals surface area contributed by atoms with Crippen molar-refractivity contribution in [3.05, 3.63) is 24.3 Å². The van der Waals surface area contributed by atoms with Gasteiger partial charge >= 0.3 is 0 Å². The van der Waals surface area contributed by atoms with Crippen LogP contribution in [0.15, 0.2) is 29.2 Å². The molecule has 5 heteroatoms. The van der Waals surface area contributed by atoms with Crippen LogP contribution in [0.2, 0.25) is 0 Å². The van der Waals surface area contributed by atoms with Gasteiger partial charge in [0.1, 0.15) is 5.75 Å². The molecule has 0 radical (unpaired) electrons. The van der Waals surface area contributed by atoms with Gasteiger partial charge in [0, 0.05) is 6.42 Å². The summed E-state index contributed by atoms with van der Waals surface area (Å²) in [7, 11) is 0. The molecule has 0 spiro atoms. The summed E-state index contributed by atoms with van der Waals surface area (Å²) < 4.78 is 30.6. The highest BCUT2D eigenvalue weighted by molar-refractivity contribution is 7.79. The van der Waals surface area contributed by atoms with Crippen molar-refractivity contribution in [2.24, 2.45) is 0 Å². The van der Waals surface area contributed by atoms with Crippen molar-refractivity contribution in [3.8, 4) is 5.75 Å². The molecule has 88 valence electrons. The molecule has 0 bridgehead atoms. The molecule has 0 amide bonds. The fourth-order valence-corrected chi connectivity index (χ4v) is 1.96. The summed E-state index contributed by atoms with van der Waals surface area (Å²) in [6.45, 7) is 0.739. The Labute approximate surface area is 96.9 Å². The minimum absolute atomic E-state index is 0.181. The van der Waals surface area contributed by atoms with E-state index in [1.807, 2.05) is 0 Å². The second kappa shape index (κ2) is 5.43. The predicted molar refractivity (Wildman–Crippen MR) is 59.7 cm³/mol. The lowest BCUT2D eigenvalue weighted by molar-refractivity contribution is -0.105. The molecular weight excluding hydrogens is 228 g/mol. The molecule has 0 aliphatic carbocycles. The molecule has 16 heavy (non-hydrogen) atoms. The summed E-state index contributed by atoms with van der Waals surface area (Å²) >= 11 is -1.93. The smallest absolute Gasteiger partial charge is 0.199 e. The van der Waals surface area contributed by atoms with Crippen LogP contribution >= 0.6 is 0 Å². The Kier molecular flexibility index (Phi) is 3.93. The second-order valence-electron chi connectivity index (χ2n) is 3.63. The highest BCUT2D eigenvalue weighted by Gasteiger charge is 2.15. The lowest BCUT2D eigenvalue weighted by Gasteiger charge is -2.23. The van der Waals surface area contributed by atoms with Gasteiger partial charge in [-0.1, -0.05) is 0 Å². The van der Waals surface area contributed by atoms with Crippen molar-refractivity contribution in [1.82, 2.24) is 0 Å². The quantitative estimate of drug-likeness (QED) is 0.825. The van der Waals surface area contributed by atoms with Crippen LogP contribution < -0.4 is 4.74 Å². The van der Waals surface area contributed by atoms with Crippen molar-refractivity contribution in [2.45, 2.75) is 30.4 Å². The maximum Gasteiger partial charge on any atom is 0.199 e. The molecule has 1 aromatic carbocycles. The Morgan fingerprint density at radius 1 is 1.31 bits per heavy atom. The van der Waals surface area contributed by atoms with E-state index in [0.717, 1.165) is 25.9 Å². The van der Waals surface area contributed by atoms with E-state index in [1.165, 1.54) is 0 Å². The Hall–Kier alpha value is -0.910. The summed E-state index contributed by atoms with van der Waals surface area (Å²) in [5, 5.41) is 0. The van der Waals surface area contributed by atoms with Crippen LogP contribution in [-0.4, -0.2) is 21.7 Å². The number of benzene rings is 1. The maximum atomic E-state index is 10.7. The average molecular weight is 242 g/mol. The largest absolute Gasteiger partial charge is 0.465 e. The lowest BCUT2D eigenvalue weighted by atomic mass is 10.2. The van der Waals surface area contributed by atoms with Gasteiger partial charge in [-0.25, -0.2) is 4.21 Å². The van der Waals surface area contributed by atoms with Crippen molar-refractivity contribution in [2.75, 3.05) is 6.61 Å². The normalized spacial score (nSPS) is 22.7. The van der Waals surface area contributed by atoms with Gasteiger partial charge in [-0.15, -0.1) is 0 Å². The molecule has 2 rings (SSSR count). The zero-order chi connectivity index (χ0) is 11.4. The summed E-state index contributed by atoms with van der Waals surface area (Å²) in [6.07, 6.45) is 2.92. The lowest BCUT2D eigenvalue weighted by Crippen LogP contribution is -2.24. The molecule has 1 aromatic rings. The van der Waals surface area contributed by atoms with Crippen LogP contribution in [0, 0.1) is 0 Å². The maximum absolute atomic E-state index is 10.7. The Morgan fingerprint density at radius 2 is 2.06 bits per heavy atom. The standard InChI is InChI=1S/C11H14O4S/c12-16(13)10-6-4-9(5-7-10)15-11-3-1-2-8-14-11/h4-7,11H,1-3,8H2,(H,12,13). The third kappa shape index (κ3) is 3.04. The number of hydrogen-bond acceptors (Lipinski definition) is 3. The molecule has 1 fully saturated rings. The van der Waals surface area contributed by atoms with Crippen molar-refractivity contribution >= 4 is 11.1 Å². The van der Waals surface area contributed by atoms with Gasteiger partial charge in [-0.2, -0.15) is 0 Å². The molecule has 1 aliphatic heterocycles. The van der Waals surface area contributed by atoms with Crippen LogP contribution in [-0.2, 0) is 15.8 Å². The fourth-order valence-electron chi connectivity index (χ4n) is 1.59. The van der Waals surface area contributed by atoms with E-state index in [2.05, 4.69) is 0 Å². The van der Waals surface area contributed by atoms with Crippen LogP contribution in [0.5, 0.6) is 5.75 Å².